The second-order valence-corrected chi connectivity index (χ2v) is 7.30. The van der Waals surface area contributed by atoms with Gasteiger partial charge in [-0.2, -0.15) is 0 Å². The van der Waals surface area contributed by atoms with Crippen molar-refractivity contribution in [2.24, 2.45) is 5.41 Å². The molecule has 1 atom stereocenters. The van der Waals surface area contributed by atoms with Gasteiger partial charge in [-0.3, -0.25) is 9.78 Å². The number of hydrogen-bond acceptors (Lipinski definition) is 3. The lowest BCUT2D eigenvalue weighted by Crippen LogP contribution is -2.41. The van der Waals surface area contributed by atoms with E-state index in [-0.39, 0.29) is 5.91 Å². The molecule has 1 saturated carbocycles. The fourth-order valence-corrected chi connectivity index (χ4v) is 3.78. The van der Waals surface area contributed by atoms with Gasteiger partial charge in [0.1, 0.15) is 5.75 Å². The first-order chi connectivity index (χ1) is 11.7. The van der Waals surface area contributed by atoms with Crippen molar-refractivity contribution in [1.82, 2.24) is 9.88 Å². The summed E-state index contributed by atoms with van der Waals surface area (Å²) in [6, 6.07) is 9.87. The predicted octanol–water partition coefficient (Wildman–Crippen LogP) is 3.79. The Morgan fingerprint density at radius 3 is 2.88 bits per heavy atom. The standard InChI is InChI=1S/C20H24N2O2/c1-15(19(23)22-11-4-7-20(8-9-20)10-12-22)24-17-13-16-5-2-3-6-18(16)21-14-17/h2-3,5-6,13-15H,4,7-12H2,1H3/t15-/m0/s1. The van der Waals surface area contributed by atoms with Gasteiger partial charge in [0.05, 0.1) is 11.7 Å². The third-order valence-electron chi connectivity index (χ3n) is 5.54. The minimum Gasteiger partial charge on any atom is -0.479 e. The first-order valence-corrected chi connectivity index (χ1v) is 8.96. The molecule has 0 N–H and O–H groups in total. The van der Waals surface area contributed by atoms with E-state index in [9.17, 15) is 4.79 Å². The smallest absolute Gasteiger partial charge is 0.263 e. The average molecular weight is 324 g/mol. The molecule has 2 aromatic rings. The van der Waals surface area contributed by atoms with E-state index in [1.807, 2.05) is 42.2 Å². The number of carbonyl (C=O) groups excluding carboxylic acids is 1. The third kappa shape index (κ3) is 3.10. The van der Waals surface area contributed by atoms with Crippen LogP contribution in [0, 0.1) is 5.41 Å². The van der Waals surface area contributed by atoms with E-state index in [0.717, 1.165) is 36.8 Å². The fourth-order valence-electron chi connectivity index (χ4n) is 3.78. The molecule has 1 amide bonds. The largest absolute Gasteiger partial charge is 0.479 e. The predicted molar refractivity (Wildman–Crippen MR) is 93.9 cm³/mol. The van der Waals surface area contributed by atoms with Crippen molar-refractivity contribution in [3.8, 4) is 5.75 Å². The molecule has 2 aliphatic rings. The lowest BCUT2D eigenvalue weighted by Gasteiger charge is -2.24. The van der Waals surface area contributed by atoms with Gasteiger partial charge in [-0.1, -0.05) is 18.2 Å². The van der Waals surface area contributed by atoms with Crippen LogP contribution in [0.15, 0.2) is 36.5 Å². The molecular weight excluding hydrogens is 300 g/mol. The van der Waals surface area contributed by atoms with Crippen LogP contribution in [0.3, 0.4) is 0 Å². The molecule has 1 aromatic carbocycles. The van der Waals surface area contributed by atoms with Gasteiger partial charge >= 0.3 is 0 Å². The number of benzene rings is 1. The Hall–Kier alpha value is -2.10. The number of rotatable bonds is 3. The lowest BCUT2D eigenvalue weighted by molar-refractivity contribution is -0.137. The molecule has 0 radical (unpaired) electrons. The van der Waals surface area contributed by atoms with Crippen LogP contribution >= 0.6 is 0 Å². The molecule has 1 saturated heterocycles. The summed E-state index contributed by atoms with van der Waals surface area (Å²) >= 11 is 0. The number of pyridine rings is 1. The molecule has 1 aliphatic carbocycles. The summed E-state index contributed by atoms with van der Waals surface area (Å²) in [6.45, 7) is 3.59. The highest BCUT2D eigenvalue weighted by Crippen LogP contribution is 2.53. The average Bonchev–Trinajstić information content (AvgIpc) is 3.40. The Morgan fingerprint density at radius 2 is 2.04 bits per heavy atom. The van der Waals surface area contributed by atoms with Crippen molar-refractivity contribution >= 4 is 16.8 Å². The molecule has 2 fully saturated rings. The molecular formula is C20H24N2O2. The van der Waals surface area contributed by atoms with Gasteiger partial charge in [-0.25, -0.2) is 0 Å². The summed E-state index contributed by atoms with van der Waals surface area (Å²) < 4.78 is 5.89. The van der Waals surface area contributed by atoms with E-state index in [0.29, 0.717) is 11.2 Å². The molecule has 4 nitrogen and oxygen atoms in total. The highest BCUT2D eigenvalue weighted by Gasteiger charge is 2.43. The van der Waals surface area contributed by atoms with Crippen LogP contribution in [-0.4, -0.2) is 35.0 Å². The number of ether oxygens (including phenoxy) is 1. The number of fused-ring (bicyclic) bond motifs is 1. The van der Waals surface area contributed by atoms with Crippen LogP contribution in [0.2, 0.25) is 0 Å². The van der Waals surface area contributed by atoms with Gasteiger partial charge in [0.2, 0.25) is 0 Å². The molecule has 1 aliphatic heterocycles. The first kappa shape index (κ1) is 15.4. The van der Waals surface area contributed by atoms with Crippen molar-refractivity contribution in [1.29, 1.82) is 0 Å². The van der Waals surface area contributed by atoms with Crippen LogP contribution < -0.4 is 4.74 Å². The molecule has 0 unspecified atom stereocenters. The Balaban J connectivity index is 1.42. The number of aromatic nitrogens is 1. The lowest BCUT2D eigenvalue weighted by atomic mass is 9.98. The number of carbonyl (C=O) groups is 1. The molecule has 126 valence electrons. The Labute approximate surface area is 142 Å². The minimum atomic E-state index is -0.471. The van der Waals surface area contributed by atoms with Gasteiger partial charge < -0.3 is 9.64 Å². The maximum atomic E-state index is 12.7. The zero-order chi connectivity index (χ0) is 16.6. The van der Waals surface area contributed by atoms with Crippen molar-refractivity contribution in [3.63, 3.8) is 0 Å². The van der Waals surface area contributed by atoms with Crippen molar-refractivity contribution in [3.05, 3.63) is 36.5 Å². The summed E-state index contributed by atoms with van der Waals surface area (Å²) in [7, 11) is 0. The van der Waals surface area contributed by atoms with E-state index in [2.05, 4.69) is 4.98 Å². The number of para-hydroxylation sites is 1. The second-order valence-electron chi connectivity index (χ2n) is 7.30. The van der Waals surface area contributed by atoms with Crippen molar-refractivity contribution in [2.45, 2.75) is 45.1 Å². The minimum absolute atomic E-state index is 0.0980. The highest BCUT2D eigenvalue weighted by molar-refractivity contribution is 5.82. The highest BCUT2D eigenvalue weighted by atomic mass is 16.5. The molecule has 2 heterocycles. The topological polar surface area (TPSA) is 42.4 Å². The van der Waals surface area contributed by atoms with Crippen LogP contribution in [0.4, 0.5) is 0 Å². The van der Waals surface area contributed by atoms with E-state index < -0.39 is 6.10 Å². The number of hydrogen-bond donors (Lipinski definition) is 0. The quantitative estimate of drug-likeness (QED) is 0.862. The van der Waals surface area contributed by atoms with Crippen LogP contribution in [-0.2, 0) is 4.79 Å². The SMILES string of the molecule is C[C@H](Oc1cnc2ccccc2c1)C(=O)N1CCCC2(CC1)CC2. The van der Waals surface area contributed by atoms with Gasteiger partial charge in [0.15, 0.2) is 6.10 Å². The monoisotopic (exact) mass is 324 g/mol. The van der Waals surface area contributed by atoms with Gasteiger partial charge in [-0.05, 0) is 56.6 Å². The Bertz CT molecular complexity index is 754. The van der Waals surface area contributed by atoms with Gasteiger partial charge in [0.25, 0.3) is 5.91 Å². The third-order valence-corrected chi connectivity index (χ3v) is 5.54. The molecule has 1 aromatic heterocycles. The maximum Gasteiger partial charge on any atom is 0.263 e. The van der Waals surface area contributed by atoms with E-state index in [1.54, 1.807) is 6.20 Å². The summed E-state index contributed by atoms with van der Waals surface area (Å²) in [5, 5.41) is 1.03. The fraction of sp³-hybridized carbons (Fsp3) is 0.500. The van der Waals surface area contributed by atoms with Crippen molar-refractivity contribution < 1.29 is 9.53 Å². The molecule has 24 heavy (non-hydrogen) atoms. The van der Waals surface area contributed by atoms with Crippen LogP contribution in [0.5, 0.6) is 5.75 Å². The molecule has 0 bridgehead atoms. The van der Waals surface area contributed by atoms with Crippen molar-refractivity contribution in [2.75, 3.05) is 13.1 Å². The number of likely N-dealkylation sites (tertiary alicyclic amines) is 1. The number of nitrogens with zero attached hydrogens (tertiary/aromatic N) is 2. The summed E-state index contributed by atoms with van der Waals surface area (Å²) in [5.41, 5.74) is 1.51. The Kier molecular flexibility index (Phi) is 3.91. The first-order valence-electron chi connectivity index (χ1n) is 8.96. The van der Waals surface area contributed by atoms with Crippen LogP contribution in [0.25, 0.3) is 10.9 Å². The maximum absolute atomic E-state index is 12.7. The summed E-state index contributed by atoms with van der Waals surface area (Å²) in [6.07, 6.45) is 7.49. The molecule has 4 heteroatoms. The van der Waals surface area contributed by atoms with E-state index in [1.165, 1.54) is 19.3 Å². The van der Waals surface area contributed by atoms with Gasteiger partial charge in [0, 0.05) is 18.5 Å². The Morgan fingerprint density at radius 1 is 1.21 bits per heavy atom. The normalized spacial score (nSPS) is 20.6. The summed E-state index contributed by atoms with van der Waals surface area (Å²) in [5.74, 6) is 0.754. The summed E-state index contributed by atoms with van der Waals surface area (Å²) in [4.78, 5) is 19.1. The molecule has 1 spiro atoms. The van der Waals surface area contributed by atoms with Gasteiger partial charge in [-0.15, -0.1) is 0 Å². The second kappa shape index (κ2) is 6.08. The van der Waals surface area contributed by atoms with E-state index in [4.69, 9.17) is 4.74 Å². The van der Waals surface area contributed by atoms with Crippen LogP contribution in [0.1, 0.15) is 39.0 Å². The number of amides is 1. The zero-order valence-corrected chi connectivity index (χ0v) is 14.2. The zero-order valence-electron chi connectivity index (χ0n) is 14.2. The molecule has 4 rings (SSSR count). The van der Waals surface area contributed by atoms with E-state index >= 15 is 0 Å².